The van der Waals surface area contributed by atoms with Crippen molar-refractivity contribution < 1.29 is 23.9 Å². The van der Waals surface area contributed by atoms with Crippen LogP contribution in [0.5, 0.6) is 0 Å². The number of amides is 2. The second kappa shape index (κ2) is 13.6. The maximum Gasteiger partial charge on any atom is 0.356 e. The summed E-state index contributed by atoms with van der Waals surface area (Å²) < 4.78 is 12.5. The summed E-state index contributed by atoms with van der Waals surface area (Å²) >= 11 is 3.01. The Kier molecular flexibility index (Phi) is 9.26. The van der Waals surface area contributed by atoms with Gasteiger partial charge in [0.05, 0.1) is 19.1 Å². The van der Waals surface area contributed by atoms with Crippen molar-refractivity contribution >= 4 is 40.9 Å². The standard InChI is InChI=1S/C35H32N2O5S2/c1-23(41-21-24-12-5-2-6-13-24)28-22-44-34-30(36-29(38)20-27-18-11-19-43-27)33(39)37(34)31(28)35(40)42-32(25-14-7-3-8-15-25)26-16-9-4-10-17-26/h2-19,23,30,32,34H,20-22H2,1H3,(H,36,38)/t23?,30?,34-/m1/s1. The van der Waals surface area contributed by atoms with E-state index in [1.54, 1.807) is 0 Å². The number of benzene rings is 3. The summed E-state index contributed by atoms with van der Waals surface area (Å²) in [6.45, 7) is 2.25. The van der Waals surface area contributed by atoms with Gasteiger partial charge >= 0.3 is 5.97 Å². The Labute approximate surface area is 264 Å². The lowest BCUT2D eigenvalue weighted by Crippen LogP contribution is -2.71. The number of thiophene rings is 1. The molecule has 1 N–H and O–H groups in total. The van der Waals surface area contributed by atoms with Gasteiger partial charge in [-0.25, -0.2) is 4.79 Å². The number of carbonyl (C=O) groups excluding carboxylic acids is 3. The van der Waals surface area contributed by atoms with Gasteiger partial charge in [0.1, 0.15) is 17.1 Å². The maximum absolute atomic E-state index is 14.2. The molecule has 2 aliphatic heterocycles. The number of esters is 1. The highest BCUT2D eigenvalue weighted by Crippen LogP contribution is 2.43. The van der Waals surface area contributed by atoms with E-state index in [1.807, 2.05) is 115 Å². The van der Waals surface area contributed by atoms with Crippen molar-refractivity contribution in [2.75, 3.05) is 5.75 Å². The van der Waals surface area contributed by atoms with Gasteiger partial charge in [-0.1, -0.05) is 97.1 Å². The molecule has 2 aliphatic rings. The van der Waals surface area contributed by atoms with Crippen molar-refractivity contribution in [2.45, 2.75) is 43.6 Å². The third-order valence-corrected chi connectivity index (χ3v) is 9.86. The average Bonchev–Trinajstić information content (AvgIpc) is 3.58. The molecule has 0 bridgehead atoms. The van der Waals surface area contributed by atoms with Gasteiger partial charge in [-0.05, 0) is 40.6 Å². The zero-order valence-electron chi connectivity index (χ0n) is 24.1. The SMILES string of the molecule is CC(OCc1ccccc1)C1=C(C(=O)OC(c2ccccc2)c2ccccc2)N2C(=O)C(NC(=O)Cc3cccs3)[C@H]2SC1. The van der Waals surface area contributed by atoms with Crippen LogP contribution in [0.15, 0.2) is 120 Å². The van der Waals surface area contributed by atoms with Crippen molar-refractivity contribution in [3.8, 4) is 0 Å². The molecule has 3 aromatic carbocycles. The molecule has 3 atom stereocenters. The minimum absolute atomic E-state index is 0.194. The lowest BCUT2D eigenvalue weighted by Gasteiger charge is -2.50. The van der Waals surface area contributed by atoms with Gasteiger partial charge in [0, 0.05) is 10.6 Å². The van der Waals surface area contributed by atoms with Gasteiger partial charge in [-0.2, -0.15) is 0 Å². The molecule has 44 heavy (non-hydrogen) atoms. The number of carbonyl (C=O) groups is 3. The molecule has 0 radical (unpaired) electrons. The Morgan fingerprint density at radius 2 is 1.55 bits per heavy atom. The fraction of sp³-hybridized carbons (Fsp3) is 0.229. The summed E-state index contributed by atoms with van der Waals surface area (Å²) in [7, 11) is 0. The van der Waals surface area contributed by atoms with Crippen LogP contribution in [0, 0.1) is 0 Å². The van der Waals surface area contributed by atoms with Crippen LogP contribution in [0.2, 0.25) is 0 Å². The summed E-state index contributed by atoms with van der Waals surface area (Å²) in [5.41, 5.74) is 3.52. The first-order chi connectivity index (χ1) is 21.5. The minimum Gasteiger partial charge on any atom is -0.448 e. The smallest absolute Gasteiger partial charge is 0.356 e. The molecule has 3 heterocycles. The number of ether oxygens (including phenoxy) is 2. The van der Waals surface area contributed by atoms with Crippen LogP contribution in [0.1, 0.15) is 34.6 Å². The van der Waals surface area contributed by atoms with Crippen LogP contribution < -0.4 is 5.32 Å². The predicted octanol–water partition coefficient (Wildman–Crippen LogP) is 5.88. The molecule has 224 valence electrons. The van der Waals surface area contributed by atoms with E-state index < -0.39 is 29.6 Å². The zero-order chi connectivity index (χ0) is 30.5. The molecule has 1 fully saturated rings. The van der Waals surface area contributed by atoms with Crippen molar-refractivity contribution in [3.05, 3.63) is 141 Å². The van der Waals surface area contributed by atoms with E-state index in [9.17, 15) is 14.4 Å². The quantitative estimate of drug-likeness (QED) is 0.166. The Bertz CT molecular complexity index is 1590. The van der Waals surface area contributed by atoms with E-state index in [2.05, 4.69) is 5.32 Å². The van der Waals surface area contributed by atoms with Crippen LogP contribution in [0.4, 0.5) is 0 Å². The fourth-order valence-electron chi connectivity index (χ4n) is 5.38. The zero-order valence-corrected chi connectivity index (χ0v) is 25.8. The topological polar surface area (TPSA) is 84.9 Å². The summed E-state index contributed by atoms with van der Waals surface area (Å²) in [5.74, 6) is -0.710. The molecule has 7 nitrogen and oxygen atoms in total. The molecular weight excluding hydrogens is 593 g/mol. The Balaban J connectivity index is 1.28. The summed E-state index contributed by atoms with van der Waals surface area (Å²) in [6.07, 6.45) is -0.932. The van der Waals surface area contributed by atoms with Crippen LogP contribution in [-0.4, -0.2) is 46.0 Å². The summed E-state index contributed by atoms with van der Waals surface area (Å²) in [4.78, 5) is 43.0. The second-order valence-electron chi connectivity index (χ2n) is 10.6. The van der Waals surface area contributed by atoms with Gasteiger partial charge in [0.15, 0.2) is 6.10 Å². The molecule has 2 unspecified atom stereocenters. The van der Waals surface area contributed by atoms with Crippen LogP contribution in [-0.2, 0) is 36.9 Å². The number of β-lactam (4-membered cyclic amide) rings is 1. The van der Waals surface area contributed by atoms with Crippen LogP contribution in [0.25, 0.3) is 0 Å². The lowest BCUT2D eigenvalue weighted by molar-refractivity contribution is -0.155. The van der Waals surface area contributed by atoms with Crippen molar-refractivity contribution in [1.82, 2.24) is 10.2 Å². The predicted molar refractivity (Wildman–Crippen MR) is 172 cm³/mol. The molecule has 9 heteroatoms. The average molecular weight is 625 g/mol. The number of nitrogens with one attached hydrogen (secondary N) is 1. The summed E-state index contributed by atoms with van der Waals surface area (Å²) in [6, 6.07) is 32.0. The van der Waals surface area contributed by atoms with E-state index in [0.29, 0.717) is 17.9 Å². The maximum atomic E-state index is 14.2. The first-order valence-corrected chi connectivity index (χ1v) is 16.4. The Morgan fingerprint density at radius 1 is 0.909 bits per heavy atom. The highest BCUT2D eigenvalue weighted by molar-refractivity contribution is 8.00. The molecule has 2 amide bonds. The van der Waals surface area contributed by atoms with Crippen molar-refractivity contribution in [1.29, 1.82) is 0 Å². The third-order valence-electron chi connectivity index (χ3n) is 7.69. The number of rotatable bonds is 11. The van der Waals surface area contributed by atoms with Crippen molar-refractivity contribution in [2.24, 2.45) is 0 Å². The van der Waals surface area contributed by atoms with E-state index in [0.717, 1.165) is 21.6 Å². The monoisotopic (exact) mass is 624 g/mol. The first-order valence-electron chi connectivity index (χ1n) is 14.5. The van der Waals surface area contributed by atoms with Crippen LogP contribution >= 0.6 is 23.1 Å². The number of fused-ring (bicyclic) bond motifs is 1. The first kappa shape index (κ1) is 29.9. The normalized spacial score (nSPS) is 18.4. The van der Waals surface area contributed by atoms with Gasteiger partial charge in [0.25, 0.3) is 5.91 Å². The Morgan fingerprint density at radius 3 is 2.16 bits per heavy atom. The largest absolute Gasteiger partial charge is 0.448 e. The summed E-state index contributed by atoms with van der Waals surface area (Å²) in [5, 5.41) is 4.39. The molecule has 0 saturated carbocycles. The van der Waals surface area contributed by atoms with E-state index in [4.69, 9.17) is 9.47 Å². The minimum atomic E-state index is -0.726. The number of hydrogen-bond acceptors (Lipinski definition) is 7. The van der Waals surface area contributed by atoms with Crippen LogP contribution in [0.3, 0.4) is 0 Å². The van der Waals surface area contributed by atoms with E-state index >= 15 is 0 Å². The molecule has 4 aromatic rings. The highest BCUT2D eigenvalue weighted by atomic mass is 32.2. The van der Waals surface area contributed by atoms with Gasteiger partial charge in [-0.3, -0.25) is 14.5 Å². The van der Waals surface area contributed by atoms with Gasteiger partial charge in [-0.15, -0.1) is 23.1 Å². The number of nitrogens with zero attached hydrogens (tertiary/aromatic N) is 1. The Hall–Kier alpha value is -4.18. The third kappa shape index (κ3) is 6.50. The molecular formula is C35H32N2O5S2. The lowest BCUT2D eigenvalue weighted by atomic mass is 9.99. The molecule has 1 saturated heterocycles. The molecule has 0 aliphatic carbocycles. The molecule has 0 spiro atoms. The second-order valence-corrected chi connectivity index (χ2v) is 12.8. The van der Waals surface area contributed by atoms with Crippen molar-refractivity contribution in [3.63, 3.8) is 0 Å². The number of hydrogen-bond donors (Lipinski definition) is 1. The molecule has 1 aromatic heterocycles. The molecule has 6 rings (SSSR count). The van der Waals surface area contributed by atoms with Gasteiger partial charge < -0.3 is 14.8 Å². The number of thioether (sulfide) groups is 1. The fourth-order valence-corrected chi connectivity index (χ4v) is 7.54. The highest BCUT2D eigenvalue weighted by Gasteiger charge is 2.55. The van der Waals surface area contributed by atoms with Gasteiger partial charge in [0.2, 0.25) is 5.91 Å². The van der Waals surface area contributed by atoms with E-state index in [-0.39, 0.29) is 23.9 Å². The van der Waals surface area contributed by atoms with E-state index in [1.165, 1.54) is 28.0 Å².